The number of methoxy groups -OCH3 is 1. The molecule has 0 saturated heterocycles. The largest absolute Gasteiger partial charge is 0.481 e. The lowest BCUT2D eigenvalue weighted by Gasteiger charge is -2.01. The van der Waals surface area contributed by atoms with E-state index in [-0.39, 0.29) is 11.4 Å². The molecule has 2 aromatic heterocycles. The summed E-state index contributed by atoms with van der Waals surface area (Å²) in [6.45, 7) is 0. The molecule has 88 valence electrons. The number of ether oxygens (including phenoxy) is 1. The van der Waals surface area contributed by atoms with E-state index in [2.05, 4.69) is 15.1 Å². The molecule has 0 unspecified atom stereocenters. The van der Waals surface area contributed by atoms with Gasteiger partial charge in [0.05, 0.1) is 19.0 Å². The molecule has 4 N–H and O–H groups in total. The van der Waals surface area contributed by atoms with Crippen molar-refractivity contribution >= 4 is 11.6 Å². The molecular formula is C9H10N6O2. The lowest BCUT2D eigenvalue weighted by Crippen LogP contribution is -2.14. The second kappa shape index (κ2) is 4.08. The quantitative estimate of drug-likeness (QED) is 0.727. The van der Waals surface area contributed by atoms with E-state index in [1.165, 1.54) is 24.3 Å². The van der Waals surface area contributed by atoms with Crippen LogP contribution in [-0.4, -0.2) is 32.8 Å². The number of hydrogen-bond acceptors (Lipinski definition) is 6. The Balaban J connectivity index is 2.46. The summed E-state index contributed by atoms with van der Waals surface area (Å²) in [5.41, 5.74) is 10.9. The number of nitrogen functional groups attached to an aromatic ring is 1. The fourth-order valence-electron chi connectivity index (χ4n) is 1.26. The van der Waals surface area contributed by atoms with E-state index in [0.717, 1.165) is 0 Å². The molecule has 0 aromatic carbocycles. The van der Waals surface area contributed by atoms with Crippen molar-refractivity contribution in [2.24, 2.45) is 5.73 Å². The summed E-state index contributed by atoms with van der Waals surface area (Å²) in [6, 6.07) is 1.55. The van der Waals surface area contributed by atoms with E-state index in [1.807, 2.05) is 0 Å². The second-order valence-electron chi connectivity index (χ2n) is 3.16. The molecule has 2 rings (SSSR count). The lowest BCUT2D eigenvalue weighted by atomic mass is 10.4. The van der Waals surface area contributed by atoms with Gasteiger partial charge in [0, 0.05) is 6.07 Å². The molecule has 8 nitrogen and oxygen atoms in total. The maximum absolute atomic E-state index is 11.0. The average molecular weight is 234 g/mol. The number of nitrogens with two attached hydrogens (primary N) is 2. The van der Waals surface area contributed by atoms with Crippen molar-refractivity contribution in [3.63, 3.8) is 0 Å². The molecule has 1 amide bonds. The van der Waals surface area contributed by atoms with Crippen LogP contribution in [0.2, 0.25) is 0 Å². The third-order valence-corrected chi connectivity index (χ3v) is 2.05. The molecule has 0 spiro atoms. The summed E-state index contributed by atoms with van der Waals surface area (Å²) in [4.78, 5) is 18.8. The van der Waals surface area contributed by atoms with Crippen molar-refractivity contribution in [2.45, 2.75) is 0 Å². The van der Waals surface area contributed by atoms with Gasteiger partial charge in [0.25, 0.3) is 5.91 Å². The fourth-order valence-corrected chi connectivity index (χ4v) is 1.26. The van der Waals surface area contributed by atoms with Gasteiger partial charge in [-0.25, -0.2) is 14.6 Å². The molecule has 0 aliphatic carbocycles. The third-order valence-electron chi connectivity index (χ3n) is 2.05. The molecule has 2 aromatic rings. The Kier molecular flexibility index (Phi) is 2.61. The van der Waals surface area contributed by atoms with Gasteiger partial charge in [0.2, 0.25) is 5.88 Å². The van der Waals surface area contributed by atoms with Gasteiger partial charge in [-0.15, -0.1) is 0 Å². The first-order chi connectivity index (χ1) is 8.11. The van der Waals surface area contributed by atoms with Crippen LogP contribution in [0, 0.1) is 0 Å². The summed E-state index contributed by atoms with van der Waals surface area (Å²) in [6.07, 6.45) is 2.76. The number of nitrogens with zero attached hydrogens (tertiary/aromatic N) is 4. The summed E-state index contributed by atoms with van der Waals surface area (Å²) in [5, 5.41) is 3.93. The molecule has 2 heterocycles. The van der Waals surface area contributed by atoms with E-state index >= 15 is 0 Å². The summed E-state index contributed by atoms with van der Waals surface area (Å²) in [5.74, 6) is 0.114. The van der Waals surface area contributed by atoms with Crippen LogP contribution in [0.25, 0.3) is 5.82 Å². The van der Waals surface area contributed by atoms with Gasteiger partial charge < -0.3 is 16.2 Å². The normalized spacial score (nSPS) is 10.2. The Labute approximate surface area is 96.2 Å². The molecule has 0 aliphatic rings. The number of amides is 1. The van der Waals surface area contributed by atoms with Gasteiger partial charge in [0.1, 0.15) is 6.33 Å². The predicted octanol–water partition coefficient (Wildman–Crippen LogP) is -0.648. The first kappa shape index (κ1) is 10.9. The maximum Gasteiger partial charge on any atom is 0.271 e. The molecular weight excluding hydrogens is 224 g/mol. The standard InChI is InChI=1S/C9H10N6O2/c1-17-7-2-6(12-4-13-7)15-3-5(10)8(14-15)9(11)16/h2-4H,10H2,1H3,(H2,11,16). The Morgan fingerprint density at radius 2 is 2.24 bits per heavy atom. The van der Waals surface area contributed by atoms with Crippen LogP contribution in [-0.2, 0) is 0 Å². The van der Waals surface area contributed by atoms with E-state index in [1.54, 1.807) is 6.07 Å². The lowest BCUT2D eigenvalue weighted by molar-refractivity contribution is 0.0996. The van der Waals surface area contributed by atoms with Crippen LogP contribution in [0.4, 0.5) is 5.69 Å². The second-order valence-corrected chi connectivity index (χ2v) is 3.16. The van der Waals surface area contributed by atoms with Gasteiger partial charge in [-0.1, -0.05) is 0 Å². The van der Waals surface area contributed by atoms with Crippen molar-refractivity contribution in [1.82, 2.24) is 19.7 Å². The van der Waals surface area contributed by atoms with Crippen LogP contribution in [0.3, 0.4) is 0 Å². The Morgan fingerprint density at radius 3 is 2.82 bits per heavy atom. The highest BCUT2D eigenvalue weighted by atomic mass is 16.5. The van der Waals surface area contributed by atoms with Crippen molar-refractivity contribution < 1.29 is 9.53 Å². The van der Waals surface area contributed by atoms with Crippen LogP contribution in [0.5, 0.6) is 5.88 Å². The highest BCUT2D eigenvalue weighted by molar-refractivity contribution is 5.95. The Bertz CT molecular complexity index is 564. The molecule has 17 heavy (non-hydrogen) atoms. The van der Waals surface area contributed by atoms with Crippen LogP contribution >= 0.6 is 0 Å². The van der Waals surface area contributed by atoms with Crippen LogP contribution in [0.15, 0.2) is 18.6 Å². The predicted molar refractivity (Wildman–Crippen MR) is 58.6 cm³/mol. The SMILES string of the molecule is COc1cc(-n2cc(N)c(C(N)=O)n2)ncn1. The van der Waals surface area contributed by atoms with Gasteiger partial charge in [-0.3, -0.25) is 4.79 Å². The van der Waals surface area contributed by atoms with Crippen molar-refractivity contribution in [3.05, 3.63) is 24.3 Å². The van der Waals surface area contributed by atoms with Crippen LogP contribution in [0.1, 0.15) is 10.5 Å². The Morgan fingerprint density at radius 1 is 1.47 bits per heavy atom. The van der Waals surface area contributed by atoms with Crippen molar-refractivity contribution in [3.8, 4) is 11.7 Å². The van der Waals surface area contributed by atoms with Crippen molar-refractivity contribution in [2.75, 3.05) is 12.8 Å². The zero-order valence-electron chi connectivity index (χ0n) is 8.99. The number of primary amides is 1. The number of aromatic nitrogens is 4. The van der Waals surface area contributed by atoms with E-state index in [9.17, 15) is 4.79 Å². The van der Waals surface area contributed by atoms with E-state index in [0.29, 0.717) is 11.7 Å². The number of hydrogen-bond donors (Lipinski definition) is 2. The number of anilines is 1. The number of rotatable bonds is 3. The minimum atomic E-state index is -0.692. The molecule has 8 heteroatoms. The highest BCUT2D eigenvalue weighted by Gasteiger charge is 2.13. The Hall–Kier alpha value is -2.64. The zero-order valence-corrected chi connectivity index (χ0v) is 8.99. The topological polar surface area (TPSA) is 122 Å². The molecule has 0 radical (unpaired) electrons. The number of carbonyl (C=O) groups is 1. The third kappa shape index (κ3) is 2.00. The van der Waals surface area contributed by atoms with Gasteiger partial charge in [0.15, 0.2) is 11.5 Å². The fraction of sp³-hybridized carbons (Fsp3) is 0.111. The molecule has 0 saturated carbocycles. The van der Waals surface area contributed by atoms with E-state index in [4.69, 9.17) is 16.2 Å². The monoisotopic (exact) mass is 234 g/mol. The summed E-state index contributed by atoms with van der Waals surface area (Å²) >= 11 is 0. The molecule has 0 aliphatic heterocycles. The van der Waals surface area contributed by atoms with Crippen LogP contribution < -0.4 is 16.2 Å². The zero-order chi connectivity index (χ0) is 12.4. The number of carbonyl (C=O) groups excluding carboxylic acids is 1. The molecule has 0 fully saturated rings. The first-order valence-corrected chi connectivity index (χ1v) is 4.63. The molecule has 0 atom stereocenters. The minimum Gasteiger partial charge on any atom is -0.481 e. The summed E-state index contributed by atoms with van der Waals surface area (Å²) < 4.78 is 6.28. The van der Waals surface area contributed by atoms with Gasteiger partial charge in [-0.2, -0.15) is 5.10 Å². The van der Waals surface area contributed by atoms with Gasteiger partial charge >= 0.3 is 0 Å². The molecule has 0 bridgehead atoms. The average Bonchev–Trinajstić information content (AvgIpc) is 2.71. The van der Waals surface area contributed by atoms with Gasteiger partial charge in [-0.05, 0) is 0 Å². The highest BCUT2D eigenvalue weighted by Crippen LogP contribution is 2.14. The first-order valence-electron chi connectivity index (χ1n) is 4.63. The van der Waals surface area contributed by atoms with E-state index < -0.39 is 5.91 Å². The van der Waals surface area contributed by atoms with Crippen molar-refractivity contribution in [1.29, 1.82) is 0 Å². The smallest absolute Gasteiger partial charge is 0.271 e. The maximum atomic E-state index is 11.0. The summed E-state index contributed by atoms with van der Waals surface area (Å²) in [7, 11) is 1.48. The minimum absolute atomic E-state index is 0.00239.